The second kappa shape index (κ2) is 12.2. The van der Waals surface area contributed by atoms with Gasteiger partial charge in [-0.1, -0.05) is 49.6 Å². The van der Waals surface area contributed by atoms with Crippen molar-refractivity contribution in [3.63, 3.8) is 0 Å². The molecule has 8 nitrogen and oxygen atoms in total. The fourth-order valence-corrected chi connectivity index (χ4v) is 8.49. The van der Waals surface area contributed by atoms with Crippen LogP contribution in [0.15, 0.2) is 77.8 Å². The molecule has 1 unspecified atom stereocenters. The highest BCUT2D eigenvalue weighted by atomic mass is 32.2. The molecule has 4 aromatic rings. The van der Waals surface area contributed by atoms with Crippen LogP contribution in [-0.2, 0) is 14.8 Å². The van der Waals surface area contributed by atoms with E-state index in [1.54, 1.807) is 6.07 Å². The van der Waals surface area contributed by atoms with E-state index in [4.69, 9.17) is 0 Å². The lowest BCUT2D eigenvalue weighted by Gasteiger charge is -2.44. The van der Waals surface area contributed by atoms with E-state index in [1.807, 2.05) is 30.3 Å². The summed E-state index contributed by atoms with van der Waals surface area (Å²) in [6.07, 6.45) is 5.61. The number of carboxylic acids is 1. The number of carbonyl (C=O) groups excluding carboxylic acids is 1. The summed E-state index contributed by atoms with van der Waals surface area (Å²) in [7, 11) is -4.20. The smallest absolute Gasteiger partial charge is 0.348 e. The first kappa shape index (κ1) is 30.0. The highest BCUT2D eigenvalue weighted by Crippen LogP contribution is 2.42. The van der Waals surface area contributed by atoms with E-state index < -0.39 is 46.1 Å². The average molecular weight is 638 g/mol. The Balaban J connectivity index is 1.34. The predicted molar refractivity (Wildman–Crippen MR) is 163 cm³/mol. The van der Waals surface area contributed by atoms with Gasteiger partial charge in [-0.3, -0.25) is 9.78 Å². The highest BCUT2D eigenvalue weighted by molar-refractivity contribution is 7.89. The number of sulfonamides is 1. The zero-order valence-electron chi connectivity index (χ0n) is 23.5. The number of aromatic carboxylic acids is 1. The number of carboxylic acid groups (broad SMARTS) is 1. The van der Waals surface area contributed by atoms with Crippen molar-refractivity contribution in [2.24, 2.45) is 5.92 Å². The van der Waals surface area contributed by atoms with E-state index in [0.29, 0.717) is 4.88 Å². The van der Waals surface area contributed by atoms with E-state index in [0.717, 1.165) is 71.6 Å². The van der Waals surface area contributed by atoms with Crippen LogP contribution in [0.5, 0.6) is 0 Å². The molecule has 1 saturated carbocycles. The molecular weight excluding hydrogens is 608 g/mol. The van der Waals surface area contributed by atoms with Crippen molar-refractivity contribution >= 4 is 38.9 Å². The number of rotatable bonds is 7. The molecule has 1 atom stereocenters. The van der Waals surface area contributed by atoms with Crippen molar-refractivity contribution < 1.29 is 31.9 Å². The average Bonchev–Trinajstić information content (AvgIpc) is 3.47. The van der Waals surface area contributed by atoms with Crippen LogP contribution in [0.3, 0.4) is 0 Å². The Hall–Kier alpha value is -4.00. The summed E-state index contributed by atoms with van der Waals surface area (Å²) < 4.78 is 56.4. The van der Waals surface area contributed by atoms with E-state index in [9.17, 15) is 31.9 Å². The minimum Gasteiger partial charge on any atom is -0.477 e. The van der Waals surface area contributed by atoms with Crippen molar-refractivity contribution in [1.29, 1.82) is 0 Å². The Kier molecular flexibility index (Phi) is 8.32. The van der Waals surface area contributed by atoms with Gasteiger partial charge in [0.1, 0.15) is 21.4 Å². The van der Waals surface area contributed by atoms with Gasteiger partial charge in [0.15, 0.2) is 0 Å². The number of thiophene rings is 1. The number of anilines is 1. The molecule has 3 heterocycles. The SMILES string of the molecule is O=C(O)c1sc(-c2ccccc2)cc1N1C(=O)CN(S(=O)(=O)c2ccc(-c3ccc(F)cc3F)nc2)CC1C1CCCCC1. The summed E-state index contributed by atoms with van der Waals surface area (Å²) in [5, 5.41) is 10.1. The van der Waals surface area contributed by atoms with E-state index >= 15 is 0 Å². The van der Waals surface area contributed by atoms with Crippen LogP contribution in [0.4, 0.5) is 14.5 Å². The molecule has 2 aromatic heterocycles. The summed E-state index contributed by atoms with van der Waals surface area (Å²) in [6.45, 7) is -0.488. The highest BCUT2D eigenvalue weighted by Gasteiger charge is 2.44. The maximum Gasteiger partial charge on any atom is 0.348 e. The largest absolute Gasteiger partial charge is 0.477 e. The number of carbonyl (C=O) groups is 2. The van der Waals surface area contributed by atoms with Crippen molar-refractivity contribution in [3.05, 3.63) is 89.4 Å². The summed E-state index contributed by atoms with van der Waals surface area (Å²) in [6, 6.07) is 16.1. The molecule has 6 rings (SSSR count). The summed E-state index contributed by atoms with van der Waals surface area (Å²) >= 11 is 1.09. The Morgan fingerprint density at radius 3 is 2.39 bits per heavy atom. The summed E-state index contributed by atoms with van der Waals surface area (Å²) in [5.41, 5.74) is 1.27. The van der Waals surface area contributed by atoms with Crippen molar-refractivity contribution in [2.75, 3.05) is 18.0 Å². The molecule has 2 aromatic carbocycles. The van der Waals surface area contributed by atoms with Gasteiger partial charge in [-0.2, -0.15) is 4.31 Å². The van der Waals surface area contributed by atoms with Crippen LogP contribution in [0, 0.1) is 17.6 Å². The van der Waals surface area contributed by atoms with Crippen LogP contribution < -0.4 is 4.90 Å². The van der Waals surface area contributed by atoms with E-state index in [1.165, 1.54) is 23.1 Å². The molecule has 1 aliphatic carbocycles. The predicted octanol–water partition coefficient (Wildman–Crippen LogP) is 6.44. The van der Waals surface area contributed by atoms with Crippen molar-refractivity contribution in [2.45, 2.75) is 43.0 Å². The van der Waals surface area contributed by atoms with Gasteiger partial charge in [0.25, 0.3) is 0 Å². The molecule has 2 fully saturated rings. The number of amides is 1. The minimum atomic E-state index is -4.20. The zero-order chi connectivity index (χ0) is 31.0. The molecule has 44 heavy (non-hydrogen) atoms. The minimum absolute atomic E-state index is 0.0113. The normalized spacial score (nSPS) is 18.5. The maximum absolute atomic E-state index is 14.3. The first-order valence-electron chi connectivity index (χ1n) is 14.3. The van der Waals surface area contributed by atoms with Crippen LogP contribution in [0.1, 0.15) is 41.8 Å². The van der Waals surface area contributed by atoms with Gasteiger partial charge in [-0.25, -0.2) is 22.0 Å². The first-order valence-corrected chi connectivity index (χ1v) is 16.6. The van der Waals surface area contributed by atoms with Crippen LogP contribution in [0.2, 0.25) is 0 Å². The number of piperazine rings is 1. The number of hydrogen-bond donors (Lipinski definition) is 1. The molecular formula is C32H29F2N3O5S2. The van der Waals surface area contributed by atoms with Gasteiger partial charge in [0, 0.05) is 29.2 Å². The van der Waals surface area contributed by atoms with Gasteiger partial charge in [0.05, 0.1) is 24.0 Å². The molecule has 0 radical (unpaired) electrons. The molecule has 1 N–H and O–H groups in total. The van der Waals surface area contributed by atoms with E-state index in [2.05, 4.69) is 4.98 Å². The molecule has 228 valence electrons. The standard InChI is InChI=1S/C32H29F2N3O5S2/c33-22-11-13-24(25(34)15-22)26-14-12-23(17-35-26)44(41,42)36-18-28(20-7-3-1-4-8-20)37(30(38)19-36)27-16-29(43-31(27)32(39)40)21-9-5-2-6-10-21/h2,5-6,9-17,20,28H,1,3-4,7-8,18-19H2,(H,39,40). The monoisotopic (exact) mass is 637 g/mol. The molecule has 1 saturated heterocycles. The number of halogens is 2. The zero-order valence-corrected chi connectivity index (χ0v) is 25.2. The fourth-order valence-electron chi connectivity index (χ4n) is 6.14. The lowest BCUT2D eigenvalue weighted by Crippen LogP contribution is -2.60. The fraction of sp³-hybridized carbons (Fsp3) is 0.281. The van der Waals surface area contributed by atoms with Gasteiger partial charge in [-0.15, -0.1) is 11.3 Å². The maximum atomic E-state index is 14.3. The number of hydrogen-bond acceptors (Lipinski definition) is 6. The molecule has 0 spiro atoms. The third kappa shape index (κ3) is 5.76. The van der Waals surface area contributed by atoms with E-state index in [-0.39, 0.29) is 39.2 Å². The van der Waals surface area contributed by atoms with Gasteiger partial charge >= 0.3 is 5.97 Å². The molecule has 1 aliphatic heterocycles. The third-order valence-corrected chi connectivity index (χ3v) is 11.3. The second-order valence-corrected chi connectivity index (χ2v) is 14.0. The molecule has 12 heteroatoms. The third-order valence-electron chi connectivity index (χ3n) is 8.30. The Morgan fingerprint density at radius 2 is 1.73 bits per heavy atom. The first-order chi connectivity index (χ1) is 21.1. The van der Waals surface area contributed by atoms with Crippen LogP contribution in [0.25, 0.3) is 21.7 Å². The summed E-state index contributed by atoms with van der Waals surface area (Å²) in [4.78, 5) is 32.5. The molecule has 1 amide bonds. The summed E-state index contributed by atoms with van der Waals surface area (Å²) in [5.74, 6) is -3.24. The van der Waals surface area contributed by atoms with Crippen LogP contribution in [-0.4, -0.2) is 53.8 Å². The van der Waals surface area contributed by atoms with Crippen molar-refractivity contribution in [1.82, 2.24) is 9.29 Å². The van der Waals surface area contributed by atoms with Gasteiger partial charge < -0.3 is 10.0 Å². The molecule has 0 bridgehead atoms. The van der Waals surface area contributed by atoms with Gasteiger partial charge in [0.2, 0.25) is 15.9 Å². The van der Waals surface area contributed by atoms with Crippen molar-refractivity contribution in [3.8, 4) is 21.7 Å². The second-order valence-electron chi connectivity index (χ2n) is 11.0. The number of nitrogens with zero attached hydrogens (tertiary/aromatic N) is 3. The van der Waals surface area contributed by atoms with Gasteiger partial charge in [-0.05, 0) is 54.7 Å². The lowest BCUT2D eigenvalue weighted by atomic mass is 9.82. The Labute approximate surface area is 257 Å². The number of benzene rings is 2. The molecule has 2 aliphatic rings. The topological polar surface area (TPSA) is 108 Å². The Bertz CT molecular complexity index is 1810. The van der Waals surface area contributed by atoms with Crippen LogP contribution >= 0.6 is 11.3 Å². The number of aromatic nitrogens is 1. The Morgan fingerprint density at radius 1 is 0.977 bits per heavy atom. The quantitative estimate of drug-likeness (QED) is 0.250. The number of pyridine rings is 1. The lowest BCUT2D eigenvalue weighted by molar-refractivity contribution is -0.121.